The Bertz CT molecular complexity index is 1330. The zero-order valence-electron chi connectivity index (χ0n) is 17.5. The third kappa shape index (κ3) is 3.31. The van der Waals surface area contributed by atoms with Crippen molar-refractivity contribution in [2.75, 3.05) is 20.3 Å². The minimum atomic E-state index is -0.505. The molecule has 162 valence electrons. The van der Waals surface area contributed by atoms with Gasteiger partial charge in [0.2, 0.25) is 5.91 Å². The number of aromatic nitrogens is 2. The smallest absolute Gasteiger partial charge is 0.229 e. The molecule has 6 nitrogen and oxygen atoms in total. The van der Waals surface area contributed by atoms with Gasteiger partial charge in [0.25, 0.3) is 0 Å². The first-order valence-electron chi connectivity index (χ1n) is 10.4. The number of H-pyrrole nitrogens is 1. The van der Waals surface area contributed by atoms with E-state index in [1.807, 2.05) is 42.5 Å². The Morgan fingerprint density at radius 1 is 1.09 bits per heavy atom. The van der Waals surface area contributed by atoms with Crippen LogP contribution in [0.1, 0.15) is 23.5 Å². The summed E-state index contributed by atoms with van der Waals surface area (Å²) >= 11 is 0. The first-order chi connectivity index (χ1) is 15.6. The van der Waals surface area contributed by atoms with Crippen molar-refractivity contribution in [1.82, 2.24) is 9.97 Å². The number of ether oxygens (including phenoxy) is 2. The number of amides is 1. The number of nitrogens with zero attached hydrogens (tertiary/aromatic N) is 1. The fourth-order valence-electron chi connectivity index (χ4n) is 4.39. The number of carbonyl (C=O) groups is 1. The molecule has 0 aliphatic heterocycles. The molecule has 0 saturated heterocycles. The maximum atomic E-state index is 14.5. The third-order valence-corrected chi connectivity index (χ3v) is 5.77. The lowest BCUT2D eigenvalue weighted by atomic mass is 9.95. The summed E-state index contributed by atoms with van der Waals surface area (Å²) < 4.78 is 25.1. The zero-order valence-corrected chi connectivity index (χ0v) is 17.5. The van der Waals surface area contributed by atoms with Crippen molar-refractivity contribution in [3.05, 3.63) is 71.5 Å². The van der Waals surface area contributed by atoms with Crippen LogP contribution in [0.3, 0.4) is 0 Å². The van der Waals surface area contributed by atoms with Gasteiger partial charge in [-0.25, -0.2) is 9.37 Å². The molecule has 0 fully saturated rings. The van der Waals surface area contributed by atoms with Gasteiger partial charge in [-0.2, -0.15) is 0 Å². The number of nitrogens with one attached hydrogen (secondary N) is 1. The Morgan fingerprint density at radius 3 is 2.69 bits per heavy atom. The molecule has 5 rings (SSSR count). The van der Waals surface area contributed by atoms with Gasteiger partial charge in [-0.15, -0.1) is 0 Å². The summed E-state index contributed by atoms with van der Waals surface area (Å²) in [6, 6.07) is 16.5. The van der Waals surface area contributed by atoms with Crippen LogP contribution in [-0.4, -0.2) is 36.2 Å². The van der Waals surface area contributed by atoms with Crippen LogP contribution in [0, 0.1) is 5.82 Å². The molecule has 0 bridgehead atoms. The minimum absolute atomic E-state index is 0.157. The summed E-state index contributed by atoms with van der Waals surface area (Å²) in [6.45, 7) is 0.897. The molecule has 1 heterocycles. The molecule has 0 spiro atoms. The molecule has 3 aromatic carbocycles. The number of nitrogens with two attached hydrogens (primary N) is 1. The Kier molecular flexibility index (Phi) is 5.11. The summed E-state index contributed by atoms with van der Waals surface area (Å²) in [4.78, 5) is 20.2. The molecule has 4 aromatic rings. The van der Waals surface area contributed by atoms with Crippen LogP contribution >= 0.6 is 0 Å². The highest BCUT2D eigenvalue weighted by Crippen LogP contribution is 2.48. The van der Waals surface area contributed by atoms with E-state index < -0.39 is 17.6 Å². The fraction of sp³-hybridized carbons (Fsp3) is 0.200. The van der Waals surface area contributed by atoms with E-state index in [0.29, 0.717) is 36.5 Å². The molecule has 0 saturated carbocycles. The summed E-state index contributed by atoms with van der Waals surface area (Å²) in [7, 11) is 1.61. The van der Waals surface area contributed by atoms with Gasteiger partial charge in [0.05, 0.1) is 23.6 Å². The van der Waals surface area contributed by atoms with Crippen molar-refractivity contribution in [3.8, 4) is 28.3 Å². The topological polar surface area (TPSA) is 90.2 Å². The van der Waals surface area contributed by atoms with Gasteiger partial charge in [0, 0.05) is 37.8 Å². The number of hydrogen-bond donors (Lipinski definition) is 2. The van der Waals surface area contributed by atoms with Gasteiger partial charge in [-0.3, -0.25) is 4.79 Å². The first kappa shape index (κ1) is 20.2. The Balaban J connectivity index is 1.59. The average Bonchev–Trinajstić information content (AvgIpc) is 3.35. The lowest BCUT2D eigenvalue weighted by Crippen LogP contribution is -2.20. The largest absolute Gasteiger partial charge is 0.490 e. The summed E-state index contributed by atoms with van der Waals surface area (Å²) in [5, 5.41) is 0. The predicted molar refractivity (Wildman–Crippen MR) is 120 cm³/mol. The first-order valence-corrected chi connectivity index (χ1v) is 10.4. The molecule has 0 radical (unpaired) electrons. The molecule has 1 aromatic heterocycles. The van der Waals surface area contributed by atoms with E-state index in [4.69, 9.17) is 20.2 Å². The zero-order chi connectivity index (χ0) is 22.2. The second kappa shape index (κ2) is 8.09. The maximum absolute atomic E-state index is 14.5. The average molecular weight is 431 g/mol. The van der Waals surface area contributed by atoms with Gasteiger partial charge >= 0.3 is 0 Å². The summed E-state index contributed by atoms with van der Waals surface area (Å²) in [6.07, 6.45) is 0.663. The summed E-state index contributed by atoms with van der Waals surface area (Å²) in [5.74, 6) is -0.607. The molecular weight excluding hydrogens is 409 g/mol. The number of primary amides is 1. The van der Waals surface area contributed by atoms with E-state index >= 15 is 0 Å². The van der Waals surface area contributed by atoms with Crippen LogP contribution in [0.4, 0.5) is 4.39 Å². The maximum Gasteiger partial charge on any atom is 0.229 e. The van der Waals surface area contributed by atoms with Crippen LogP contribution in [-0.2, 0) is 9.53 Å². The van der Waals surface area contributed by atoms with Crippen LogP contribution in [0.2, 0.25) is 0 Å². The number of fused-ring (bicyclic) bond motifs is 4. The SMILES string of the molecule is COCCCOc1cc2nc(-c3cccc4c3-c3ccccc3[C@H]4C(N)=O)[nH]c2cc1F. The lowest BCUT2D eigenvalue weighted by Gasteiger charge is -2.09. The van der Waals surface area contributed by atoms with Crippen molar-refractivity contribution in [1.29, 1.82) is 0 Å². The number of halogens is 1. The molecule has 0 unspecified atom stereocenters. The van der Waals surface area contributed by atoms with Gasteiger partial charge < -0.3 is 20.2 Å². The number of methoxy groups -OCH3 is 1. The number of imidazole rings is 1. The summed E-state index contributed by atoms with van der Waals surface area (Å²) in [5.41, 5.74) is 11.3. The quantitative estimate of drug-likeness (QED) is 0.425. The van der Waals surface area contributed by atoms with Crippen LogP contribution in [0.15, 0.2) is 54.6 Å². The monoisotopic (exact) mass is 431 g/mol. The second-order valence-electron chi connectivity index (χ2n) is 7.77. The van der Waals surface area contributed by atoms with Crippen LogP contribution in [0.25, 0.3) is 33.5 Å². The number of hydrogen-bond acceptors (Lipinski definition) is 4. The van der Waals surface area contributed by atoms with Crippen molar-refractivity contribution in [2.24, 2.45) is 5.73 Å². The van der Waals surface area contributed by atoms with Crippen molar-refractivity contribution in [3.63, 3.8) is 0 Å². The normalized spacial score (nSPS) is 14.4. The number of carbonyl (C=O) groups excluding carboxylic acids is 1. The van der Waals surface area contributed by atoms with E-state index in [0.717, 1.165) is 27.8 Å². The number of aromatic amines is 1. The second-order valence-corrected chi connectivity index (χ2v) is 7.77. The van der Waals surface area contributed by atoms with E-state index in [1.54, 1.807) is 13.2 Å². The predicted octanol–water partition coefficient (Wildman–Crippen LogP) is 4.38. The van der Waals surface area contributed by atoms with Crippen LogP contribution < -0.4 is 10.5 Å². The highest BCUT2D eigenvalue weighted by atomic mass is 19.1. The van der Waals surface area contributed by atoms with Crippen LogP contribution in [0.5, 0.6) is 5.75 Å². The van der Waals surface area contributed by atoms with E-state index in [2.05, 4.69) is 4.98 Å². The van der Waals surface area contributed by atoms with Crippen molar-refractivity contribution in [2.45, 2.75) is 12.3 Å². The van der Waals surface area contributed by atoms with E-state index in [1.165, 1.54) is 6.07 Å². The molecule has 1 aliphatic carbocycles. The van der Waals surface area contributed by atoms with E-state index in [9.17, 15) is 9.18 Å². The molecular formula is C25H22FN3O3. The number of benzene rings is 3. The fourth-order valence-corrected chi connectivity index (χ4v) is 4.39. The molecule has 1 aliphatic rings. The van der Waals surface area contributed by atoms with E-state index in [-0.39, 0.29) is 5.75 Å². The standard InChI is InChI=1S/C25H22FN3O3/c1-31-10-5-11-32-21-13-20-19(12-18(21)26)28-25(29-20)17-9-4-8-16-22(17)14-6-2-3-7-15(14)23(16)24(27)30/h2-4,6-9,12-13,23H,5,10-11H2,1H3,(H2,27,30)(H,28,29)/t23-/m1/s1. The molecule has 3 N–H and O–H groups in total. The highest BCUT2D eigenvalue weighted by molar-refractivity contribution is 6.00. The Morgan fingerprint density at radius 2 is 1.88 bits per heavy atom. The molecule has 7 heteroatoms. The third-order valence-electron chi connectivity index (χ3n) is 5.77. The van der Waals surface area contributed by atoms with Crippen molar-refractivity contribution >= 4 is 16.9 Å². The number of rotatable bonds is 7. The molecule has 32 heavy (non-hydrogen) atoms. The molecule has 1 atom stereocenters. The van der Waals surface area contributed by atoms with Gasteiger partial charge in [-0.1, -0.05) is 42.5 Å². The van der Waals surface area contributed by atoms with Gasteiger partial charge in [0.1, 0.15) is 5.82 Å². The Labute approximate surface area is 184 Å². The minimum Gasteiger partial charge on any atom is -0.490 e. The highest BCUT2D eigenvalue weighted by Gasteiger charge is 2.34. The van der Waals surface area contributed by atoms with Crippen molar-refractivity contribution < 1.29 is 18.7 Å². The van der Waals surface area contributed by atoms with Gasteiger partial charge in [-0.05, 0) is 22.3 Å². The lowest BCUT2D eigenvalue weighted by molar-refractivity contribution is -0.118. The van der Waals surface area contributed by atoms with Gasteiger partial charge in [0.15, 0.2) is 11.6 Å². The molecule has 1 amide bonds. The Hall–Kier alpha value is -3.71.